The summed E-state index contributed by atoms with van der Waals surface area (Å²) in [6.07, 6.45) is 3.86. The van der Waals surface area contributed by atoms with Crippen LogP contribution < -0.4 is 5.73 Å². The second kappa shape index (κ2) is 6.83. The van der Waals surface area contributed by atoms with Gasteiger partial charge in [-0.1, -0.05) is 27.2 Å². The number of nitrogens with two attached hydrogens (primary N) is 1. The first-order valence-electron chi connectivity index (χ1n) is 5.81. The van der Waals surface area contributed by atoms with Gasteiger partial charge in [0.1, 0.15) is 0 Å². The third-order valence-corrected chi connectivity index (χ3v) is 2.30. The van der Waals surface area contributed by atoms with E-state index in [0.717, 1.165) is 32.4 Å². The molecule has 0 atom stereocenters. The van der Waals surface area contributed by atoms with Crippen LogP contribution in [0.5, 0.6) is 0 Å². The Hall–Kier alpha value is -0.570. The minimum atomic E-state index is 0.0859. The molecule has 0 radical (unpaired) electrons. The summed E-state index contributed by atoms with van der Waals surface area (Å²) in [6.45, 7) is 7.88. The van der Waals surface area contributed by atoms with E-state index in [0.29, 0.717) is 6.42 Å². The lowest BCUT2D eigenvalue weighted by Gasteiger charge is -2.23. The summed E-state index contributed by atoms with van der Waals surface area (Å²) in [5.74, 6) is 0.246. The Bertz CT molecular complexity index is 185. The molecule has 0 fully saturated rings. The number of unbranched alkanes of at least 4 members (excludes halogenated alkanes) is 2. The molecule has 0 aliphatic carbocycles. The Kier molecular flexibility index (Phi) is 6.57. The molecule has 0 aromatic heterocycles. The van der Waals surface area contributed by atoms with E-state index in [1.54, 1.807) is 0 Å². The number of hydrogen-bond acceptors (Lipinski definition) is 2. The molecule has 0 unspecified atom stereocenters. The molecule has 0 aromatic carbocycles. The largest absolute Gasteiger partial charge is 0.346 e. The van der Waals surface area contributed by atoms with E-state index in [2.05, 4.69) is 20.8 Å². The van der Waals surface area contributed by atoms with Crippen LogP contribution in [0, 0.1) is 5.41 Å². The van der Waals surface area contributed by atoms with Crippen molar-refractivity contribution in [1.82, 2.24) is 4.90 Å². The molecule has 0 rings (SSSR count). The van der Waals surface area contributed by atoms with Crippen molar-refractivity contribution >= 4 is 5.91 Å². The lowest BCUT2D eigenvalue weighted by atomic mass is 9.91. The molecule has 0 bridgehead atoms. The van der Waals surface area contributed by atoms with Crippen molar-refractivity contribution in [3.8, 4) is 0 Å². The minimum Gasteiger partial charge on any atom is -0.346 e. The van der Waals surface area contributed by atoms with Crippen LogP contribution in [0.4, 0.5) is 0 Å². The molecule has 0 aromatic rings. The molecule has 2 N–H and O–H groups in total. The Morgan fingerprint density at radius 1 is 1.20 bits per heavy atom. The minimum absolute atomic E-state index is 0.0859. The second-order valence-corrected chi connectivity index (χ2v) is 5.40. The highest BCUT2D eigenvalue weighted by Gasteiger charge is 2.18. The molecular weight excluding hydrogens is 188 g/mol. The van der Waals surface area contributed by atoms with Gasteiger partial charge in [-0.25, -0.2) is 0 Å². The highest BCUT2D eigenvalue weighted by molar-refractivity contribution is 5.76. The molecule has 3 heteroatoms. The molecule has 0 saturated heterocycles. The molecule has 3 nitrogen and oxygen atoms in total. The molecule has 0 aliphatic rings. The number of amides is 1. The Labute approximate surface area is 94.0 Å². The lowest BCUT2D eigenvalue weighted by Crippen LogP contribution is -2.30. The number of rotatable bonds is 6. The summed E-state index contributed by atoms with van der Waals surface area (Å²) in [6, 6.07) is 0. The third-order valence-electron chi connectivity index (χ3n) is 2.30. The SMILES string of the molecule is CN(CCCCCN)C(=O)CC(C)(C)C. The highest BCUT2D eigenvalue weighted by atomic mass is 16.2. The van der Waals surface area contributed by atoms with E-state index in [1.807, 2.05) is 11.9 Å². The van der Waals surface area contributed by atoms with Gasteiger partial charge in [0, 0.05) is 20.0 Å². The van der Waals surface area contributed by atoms with Gasteiger partial charge in [0.25, 0.3) is 0 Å². The number of carbonyl (C=O) groups excluding carboxylic acids is 1. The molecular formula is C12H26N2O. The summed E-state index contributed by atoms with van der Waals surface area (Å²) in [4.78, 5) is 13.6. The number of nitrogens with zero attached hydrogens (tertiary/aromatic N) is 1. The smallest absolute Gasteiger partial charge is 0.222 e. The highest BCUT2D eigenvalue weighted by Crippen LogP contribution is 2.19. The lowest BCUT2D eigenvalue weighted by molar-refractivity contribution is -0.131. The average Bonchev–Trinajstić information content (AvgIpc) is 2.09. The van der Waals surface area contributed by atoms with E-state index in [4.69, 9.17) is 5.73 Å². The van der Waals surface area contributed by atoms with Crippen molar-refractivity contribution in [3.63, 3.8) is 0 Å². The van der Waals surface area contributed by atoms with Gasteiger partial charge in [-0.15, -0.1) is 0 Å². The average molecular weight is 214 g/mol. The summed E-state index contributed by atoms with van der Waals surface area (Å²) in [5.41, 5.74) is 5.49. The van der Waals surface area contributed by atoms with Gasteiger partial charge in [-0.05, 0) is 24.8 Å². The van der Waals surface area contributed by atoms with Gasteiger partial charge in [0.05, 0.1) is 0 Å². The zero-order chi connectivity index (χ0) is 11.9. The van der Waals surface area contributed by atoms with E-state index < -0.39 is 0 Å². The van der Waals surface area contributed by atoms with Crippen molar-refractivity contribution in [2.24, 2.45) is 11.1 Å². The van der Waals surface area contributed by atoms with Crippen LogP contribution in [-0.2, 0) is 4.79 Å². The fourth-order valence-electron chi connectivity index (χ4n) is 1.38. The summed E-state index contributed by atoms with van der Waals surface area (Å²) >= 11 is 0. The van der Waals surface area contributed by atoms with Gasteiger partial charge in [-0.2, -0.15) is 0 Å². The van der Waals surface area contributed by atoms with Gasteiger partial charge >= 0.3 is 0 Å². The predicted octanol–water partition coefficient (Wildman–Crippen LogP) is 2.01. The Morgan fingerprint density at radius 2 is 1.80 bits per heavy atom. The van der Waals surface area contributed by atoms with Gasteiger partial charge in [0.2, 0.25) is 5.91 Å². The summed E-state index contributed by atoms with van der Waals surface area (Å²) in [5, 5.41) is 0. The Morgan fingerprint density at radius 3 is 2.27 bits per heavy atom. The molecule has 0 heterocycles. The predicted molar refractivity (Wildman–Crippen MR) is 64.6 cm³/mol. The first kappa shape index (κ1) is 14.4. The van der Waals surface area contributed by atoms with Crippen LogP contribution in [0.2, 0.25) is 0 Å². The van der Waals surface area contributed by atoms with E-state index in [-0.39, 0.29) is 11.3 Å². The summed E-state index contributed by atoms with van der Waals surface area (Å²) < 4.78 is 0. The number of carbonyl (C=O) groups is 1. The second-order valence-electron chi connectivity index (χ2n) is 5.40. The zero-order valence-electron chi connectivity index (χ0n) is 10.7. The van der Waals surface area contributed by atoms with Crippen LogP contribution in [0.1, 0.15) is 46.5 Å². The number of hydrogen-bond donors (Lipinski definition) is 1. The van der Waals surface area contributed by atoms with Crippen LogP contribution >= 0.6 is 0 Å². The zero-order valence-corrected chi connectivity index (χ0v) is 10.7. The van der Waals surface area contributed by atoms with Crippen LogP contribution in [0.15, 0.2) is 0 Å². The van der Waals surface area contributed by atoms with Crippen molar-refractivity contribution in [2.45, 2.75) is 46.5 Å². The third kappa shape index (κ3) is 8.43. The quantitative estimate of drug-likeness (QED) is 0.687. The standard InChI is InChI=1S/C12H26N2O/c1-12(2,3)10-11(15)14(4)9-7-5-6-8-13/h5-10,13H2,1-4H3. The maximum atomic E-state index is 11.7. The van der Waals surface area contributed by atoms with Crippen LogP contribution in [0.3, 0.4) is 0 Å². The van der Waals surface area contributed by atoms with Crippen molar-refractivity contribution in [3.05, 3.63) is 0 Å². The first-order chi connectivity index (χ1) is 6.87. The van der Waals surface area contributed by atoms with Crippen LogP contribution in [-0.4, -0.2) is 30.9 Å². The molecule has 15 heavy (non-hydrogen) atoms. The summed E-state index contributed by atoms with van der Waals surface area (Å²) in [7, 11) is 1.89. The topological polar surface area (TPSA) is 46.3 Å². The van der Waals surface area contributed by atoms with Gasteiger partial charge < -0.3 is 10.6 Å². The van der Waals surface area contributed by atoms with E-state index >= 15 is 0 Å². The first-order valence-corrected chi connectivity index (χ1v) is 5.81. The van der Waals surface area contributed by atoms with Crippen LogP contribution in [0.25, 0.3) is 0 Å². The van der Waals surface area contributed by atoms with Gasteiger partial charge in [-0.3, -0.25) is 4.79 Å². The molecule has 1 amide bonds. The maximum Gasteiger partial charge on any atom is 0.222 e. The maximum absolute atomic E-state index is 11.7. The molecule has 0 spiro atoms. The fourth-order valence-corrected chi connectivity index (χ4v) is 1.38. The van der Waals surface area contributed by atoms with Crippen molar-refractivity contribution in [2.75, 3.05) is 20.1 Å². The van der Waals surface area contributed by atoms with Gasteiger partial charge in [0.15, 0.2) is 0 Å². The monoisotopic (exact) mass is 214 g/mol. The Balaban J connectivity index is 3.70. The molecule has 0 aliphatic heterocycles. The van der Waals surface area contributed by atoms with E-state index in [1.165, 1.54) is 0 Å². The van der Waals surface area contributed by atoms with E-state index in [9.17, 15) is 4.79 Å². The molecule has 90 valence electrons. The molecule has 0 saturated carbocycles. The normalized spacial score (nSPS) is 11.5. The van der Waals surface area contributed by atoms with Crippen molar-refractivity contribution in [1.29, 1.82) is 0 Å². The fraction of sp³-hybridized carbons (Fsp3) is 0.917. The van der Waals surface area contributed by atoms with Crippen molar-refractivity contribution < 1.29 is 4.79 Å².